The van der Waals surface area contributed by atoms with Gasteiger partial charge in [0.25, 0.3) is 0 Å². The first-order chi connectivity index (χ1) is 13.7. The zero-order valence-corrected chi connectivity index (χ0v) is 16.4. The maximum absolute atomic E-state index is 13.2. The van der Waals surface area contributed by atoms with E-state index in [-0.39, 0.29) is 11.9 Å². The lowest BCUT2D eigenvalue weighted by molar-refractivity contribution is -0.116. The van der Waals surface area contributed by atoms with E-state index in [2.05, 4.69) is 20.9 Å². The van der Waals surface area contributed by atoms with E-state index in [9.17, 15) is 4.79 Å². The van der Waals surface area contributed by atoms with Crippen LogP contribution in [-0.2, 0) is 11.2 Å². The van der Waals surface area contributed by atoms with E-state index < -0.39 is 5.25 Å². The molecule has 1 aliphatic heterocycles. The summed E-state index contributed by atoms with van der Waals surface area (Å²) in [7, 11) is 1.60. The number of nitrogens with zero attached hydrogens (tertiary/aromatic N) is 3. The summed E-state index contributed by atoms with van der Waals surface area (Å²) in [6.07, 6.45) is 0.753. The van der Waals surface area contributed by atoms with Crippen LogP contribution >= 0.6 is 11.8 Å². The van der Waals surface area contributed by atoms with Crippen molar-refractivity contribution in [2.24, 2.45) is 0 Å². The third-order valence-corrected chi connectivity index (χ3v) is 5.79. The van der Waals surface area contributed by atoms with Crippen LogP contribution in [0.3, 0.4) is 0 Å². The quantitative estimate of drug-likeness (QED) is 0.690. The summed E-state index contributed by atoms with van der Waals surface area (Å²) in [5.41, 5.74) is 5.16. The molecule has 1 aromatic heterocycles. The summed E-state index contributed by atoms with van der Waals surface area (Å²) in [6, 6.07) is 17.1. The third kappa shape index (κ3) is 3.55. The summed E-state index contributed by atoms with van der Waals surface area (Å²) in [6.45, 7) is 2.03. The fourth-order valence-corrected chi connectivity index (χ4v) is 4.25. The number of thioether (sulfide) groups is 1. The molecule has 0 saturated carbocycles. The summed E-state index contributed by atoms with van der Waals surface area (Å²) in [5, 5.41) is 11.7. The smallest absolute Gasteiger partial charge is 0.240 e. The second-order valence-corrected chi connectivity index (χ2v) is 7.47. The summed E-state index contributed by atoms with van der Waals surface area (Å²) >= 11 is 1.42. The fourth-order valence-electron chi connectivity index (χ4n) is 3.15. The molecule has 0 radical (unpaired) electrons. The number of ether oxygens (including phenoxy) is 1. The van der Waals surface area contributed by atoms with Gasteiger partial charge in [0.05, 0.1) is 13.2 Å². The molecule has 28 heavy (non-hydrogen) atoms. The lowest BCUT2D eigenvalue weighted by atomic mass is 10.0. The van der Waals surface area contributed by atoms with Crippen molar-refractivity contribution < 1.29 is 9.53 Å². The number of nitrogens with one attached hydrogen (secondary N) is 2. The summed E-state index contributed by atoms with van der Waals surface area (Å²) in [5.74, 6) is 1.43. The molecule has 2 atom stereocenters. The standard InChI is InChI=1S/C20H21N5O2S/c1-3-16-22-23-20-25(16)24-17(13-8-5-4-6-9-13)18(28-20)19(26)21-14-10-7-11-15(12-14)27-2/h4-12,17-18,24H,3H2,1-2H3,(H,21,26)/t17-,18+/m0/s1. The second-order valence-electron chi connectivity index (χ2n) is 6.36. The van der Waals surface area contributed by atoms with Gasteiger partial charge in [-0.3, -0.25) is 4.79 Å². The Morgan fingerprint density at radius 3 is 2.79 bits per heavy atom. The molecule has 7 nitrogen and oxygen atoms in total. The first-order valence-corrected chi connectivity index (χ1v) is 9.95. The van der Waals surface area contributed by atoms with Gasteiger partial charge < -0.3 is 15.5 Å². The highest BCUT2D eigenvalue weighted by molar-refractivity contribution is 8.00. The molecule has 8 heteroatoms. The molecular formula is C20H21N5O2S. The SMILES string of the molecule is CCc1nnc2n1N[C@@H](c1ccccc1)[C@H](C(=O)Nc1cccc(OC)c1)S2. The van der Waals surface area contributed by atoms with E-state index in [0.717, 1.165) is 17.8 Å². The van der Waals surface area contributed by atoms with Gasteiger partial charge in [0.15, 0.2) is 5.82 Å². The fraction of sp³-hybridized carbons (Fsp3) is 0.250. The third-order valence-electron chi connectivity index (χ3n) is 4.57. The maximum atomic E-state index is 13.2. The molecule has 2 heterocycles. The van der Waals surface area contributed by atoms with Crippen molar-refractivity contribution in [3.8, 4) is 5.75 Å². The van der Waals surface area contributed by atoms with Crippen LogP contribution in [0.2, 0.25) is 0 Å². The van der Waals surface area contributed by atoms with E-state index in [1.807, 2.05) is 60.1 Å². The molecule has 0 fully saturated rings. The number of carbonyl (C=O) groups excluding carboxylic acids is 1. The summed E-state index contributed by atoms with van der Waals surface area (Å²) in [4.78, 5) is 13.2. The Bertz CT molecular complexity index is 976. The van der Waals surface area contributed by atoms with Gasteiger partial charge in [-0.25, -0.2) is 4.68 Å². The van der Waals surface area contributed by atoms with Crippen LogP contribution < -0.4 is 15.5 Å². The molecule has 0 aliphatic carbocycles. The minimum absolute atomic E-state index is 0.105. The highest BCUT2D eigenvalue weighted by atomic mass is 32.2. The number of aryl methyl sites for hydroxylation is 1. The zero-order chi connectivity index (χ0) is 19.5. The molecule has 0 spiro atoms. The average molecular weight is 395 g/mol. The van der Waals surface area contributed by atoms with Crippen molar-refractivity contribution in [2.45, 2.75) is 29.8 Å². The molecule has 2 N–H and O–H groups in total. The van der Waals surface area contributed by atoms with Gasteiger partial charge in [-0.15, -0.1) is 10.2 Å². The highest BCUT2D eigenvalue weighted by Crippen LogP contribution is 2.37. The highest BCUT2D eigenvalue weighted by Gasteiger charge is 2.37. The van der Waals surface area contributed by atoms with Gasteiger partial charge >= 0.3 is 0 Å². The zero-order valence-electron chi connectivity index (χ0n) is 15.6. The molecule has 0 unspecified atom stereocenters. The average Bonchev–Trinajstić information content (AvgIpc) is 3.15. The molecule has 1 amide bonds. The number of carbonyl (C=O) groups is 1. The Labute approximate surface area is 167 Å². The van der Waals surface area contributed by atoms with Crippen LogP contribution in [0.1, 0.15) is 24.4 Å². The largest absolute Gasteiger partial charge is 0.497 e. The van der Waals surface area contributed by atoms with Crippen molar-refractivity contribution in [1.82, 2.24) is 14.9 Å². The van der Waals surface area contributed by atoms with Gasteiger partial charge in [-0.2, -0.15) is 0 Å². The number of methoxy groups -OCH3 is 1. The van der Waals surface area contributed by atoms with Gasteiger partial charge in [0, 0.05) is 18.2 Å². The van der Waals surface area contributed by atoms with Crippen molar-refractivity contribution >= 4 is 23.4 Å². The number of hydrogen-bond acceptors (Lipinski definition) is 6. The molecule has 2 aromatic carbocycles. The summed E-state index contributed by atoms with van der Waals surface area (Å²) < 4.78 is 7.13. The van der Waals surface area contributed by atoms with Crippen molar-refractivity contribution in [2.75, 3.05) is 17.9 Å². The molecule has 3 aromatic rings. The molecule has 4 rings (SSSR count). The van der Waals surface area contributed by atoms with Crippen molar-refractivity contribution in [1.29, 1.82) is 0 Å². The molecule has 0 saturated heterocycles. The second kappa shape index (κ2) is 7.93. The van der Waals surface area contributed by atoms with E-state index in [4.69, 9.17) is 4.74 Å². The molecule has 0 bridgehead atoms. The number of rotatable bonds is 5. The Morgan fingerprint density at radius 2 is 2.04 bits per heavy atom. The number of amides is 1. The molecule has 1 aliphatic rings. The van der Waals surface area contributed by atoms with Crippen LogP contribution in [0.4, 0.5) is 5.69 Å². The predicted molar refractivity (Wildman–Crippen MR) is 109 cm³/mol. The first kappa shape index (κ1) is 18.4. The van der Waals surface area contributed by atoms with E-state index in [1.54, 1.807) is 13.2 Å². The number of anilines is 1. The van der Waals surface area contributed by atoms with E-state index in [1.165, 1.54) is 11.8 Å². The van der Waals surface area contributed by atoms with Gasteiger partial charge in [0.2, 0.25) is 11.1 Å². The lowest BCUT2D eigenvalue weighted by Gasteiger charge is -2.33. The van der Waals surface area contributed by atoms with Crippen molar-refractivity contribution in [3.05, 3.63) is 66.0 Å². The molecular weight excluding hydrogens is 374 g/mol. The van der Waals surface area contributed by atoms with Crippen LogP contribution in [-0.4, -0.2) is 33.1 Å². The van der Waals surface area contributed by atoms with Crippen LogP contribution in [0, 0.1) is 0 Å². The Morgan fingerprint density at radius 1 is 1.21 bits per heavy atom. The Kier molecular flexibility index (Phi) is 5.21. The van der Waals surface area contributed by atoms with Gasteiger partial charge in [-0.05, 0) is 17.7 Å². The predicted octanol–water partition coefficient (Wildman–Crippen LogP) is 3.25. The van der Waals surface area contributed by atoms with Crippen LogP contribution in [0.15, 0.2) is 59.8 Å². The first-order valence-electron chi connectivity index (χ1n) is 9.07. The molecule has 144 valence electrons. The van der Waals surface area contributed by atoms with Gasteiger partial charge in [-0.1, -0.05) is 55.1 Å². The Balaban J connectivity index is 1.65. The monoisotopic (exact) mass is 395 g/mol. The van der Waals surface area contributed by atoms with Gasteiger partial charge in [0.1, 0.15) is 11.0 Å². The van der Waals surface area contributed by atoms with Crippen LogP contribution in [0.25, 0.3) is 0 Å². The number of fused-ring (bicyclic) bond motifs is 1. The minimum atomic E-state index is -0.407. The number of benzene rings is 2. The van der Waals surface area contributed by atoms with E-state index in [0.29, 0.717) is 16.6 Å². The lowest BCUT2D eigenvalue weighted by Crippen LogP contribution is -2.41. The Hall–Kier alpha value is -3.00. The normalized spacial score (nSPS) is 18.1. The van der Waals surface area contributed by atoms with Crippen LogP contribution in [0.5, 0.6) is 5.75 Å². The minimum Gasteiger partial charge on any atom is -0.497 e. The van der Waals surface area contributed by atoms with E-state index >= 15 is 0 Å². The topological polar surface area (TPSA) is 81.1 Å². The van der Waals surface area contributed by atoms with Crippen molar-refractivity contribution in [3.63, 3.8) is 0 Å². The maximum Gasteiger partial charge on any atom is 0.240 e. The number of aromatic nitrogens is 3. The number of hydrogen-bond donors (Lipinski definition) is 2.